The van der Waals surface area contributed by atoms with E-state index < -0.39 is 0 Å². The minimum Gasteiger partial charge on any atom is -0.351 e. The first kappa shape index (κ1) is 14.2. The van der Waals surface area contributed by atoms with Crippen LogP contribution >= 0.6 is 0 Å². The Bertz CT molecular complexity index is 826. The Balaban J connectivity index is 1.62. The molecule has 2 aromatic rings. The van der Waals surface area contributed by atoms with Crippen LogP contribution in [-0.2, 0) is 18.9 Å². The van der Waals surface area contributed by atoms with E-state index in [1.54, 1.807) is 18.7 Å². The van der Waals surface area contributed by atoms with Crippen molar-refractivity contribution in [3.05, 3.63) is 16.8 Å². The number of amides is 1. The minimum absolute atomic E-state index is 0.107. The second-order valence-electron chi connectivity index (χ2n) is 6.36. The maximum Gasteiger partial charge on any atom is 0.329 e. The molecule has 0 N–H and O–H groups in total. The third-order valence-corrected chi connectivity index (χ3v) is 4.83. The highest BCUT2D eigenvalue weighted by molar-refractivity contribution is 5.85. The van der Waals surface area contributed by atoms with Crippen LogP contribution in [0.25, 0.3) is 11.2 Å². The molecule has 1 saturated heterocycles. The lowest BCUT2D eigenvalue weighted by Crippen LogP contribution is -2.49. The maximum atomic E-state index is 12.2. The fourth-order valence-corrected chi connectivity index (χ4v) is 3.28. The fraction of sp³-hybridized carbons (Fsp3) is 0.600. The number of nitrogens with zero attached hydrogens (tertiary/aromatic N) is 6. The van der Waals surface area contributed by atoms with Crippen LogP contribution in [0.15, 0.2) is 11.1 Å². The Morgan fingerprint density at radius 1 is 1.09 bits per heavy atom. The number of fused-ring (bicyclic) bond motifs is 1. The van der Waals surface area contributed by atoms with Crippen molar-refractivity contribution in [2.45, 2.75) is 12.8 Å². The summed E-state index contributed by atoms with van der Waals surface area (Å²) in [5, 5.41) is 0. The first-order valence-corrected chi connectivity index (χ1v) is 7.98. The predicted octanol–water partition coefficient (Wildman–Crippen LogP) is -0.274. The Kier molecular flexibility index (Phi) is 3.14. The molecule has 4 rings (SSSR count). The first-order valence-electron chi connectivity index (χ1n) is 7.98. The summed E-state index contributed by atoms with van der Waals surface area (Å²) in [5.74, 6) is 1.33. The molecule has 2 fully saturated rings. The average molecular weight is 316 g/mol. The number of imidazole rings is 1. The van der Waals surface area contributed by atoms with Crippen LogP contribution < -0.4 is 10.6 Å². The van der Waals surface area contributed by atoms with Crippen LogP contribution in [0.3, 0.4) is 0 Å². The molecule has 8 heteroatoms. The molecular weight excluding hydrogens is 296 g/mol. The summed E-state index contributed by atoms with van der Waals surface area (Å²) in [6.45, 7) is 2.88. The van der Waals surface area contributed by atoms with Crippen LogP contribution in [0.5, 0.6) is 0 Å². The van der Waals surface area contributed by atoms with Gasteiger partial charge in [0.25, 0.3) is 0 Å². The van der Waals surface area contributed by atoms with Crippen LogP contribution in [-0.4, -0.2) is 56.1 Å². The van der Waals surface area contributed by atoms with E-state index in [2.05, 4.69) is 14.9 Å². The number of anilines is 1. The van der Waals surface area contributed by atoms with Crippen LogP contribution in [0.1, 0.15) is 12.8 Å². The Morgan fingerprint density at radius 3 is 2.43 bits per heavy atom. The molecular formula is C15H20N6O2. The van der Waals surface area contributed by atoms with Gasteiger partial charge >= 0.3 is 5.69 Å². The fourth-order valence-electron chi connectivity index (χ4n) is 3.28. The highest BCUT2D eigenvalue weighted by atomic mass is 16.2. The molecule has 0 aromatic carbocycles. The number of hydrogen-bond donors (Lipinski definition) is 0. The summed E-state index contributed by atoms with van der Waals surface area (Å²) in [7, 11) is 3.46. The van der Waals surface area contributed by atoms with E-state index in [9.17, 15) is 9.59 Å². The zero-order valence-corrected chi connectivity index (χ0v) is 13.4. The smallest absolute Gasteiger partial charge is 0.329 e. The molecule has 0 atom stereocenters. The Labute approximate surface area is 133 Å². The van der Waals surface area contributed by atoms with Gasteiger partial charge in [-0.05, 0) is 12.8 Å². The van der Waals surface area contributed by atoms with Gasteiger partial charge in [0.1, 0.15) is 11.8 Å². The first-order chi connectivity index (χ1) is 11.1. The number of aromatic nitrogens is 4. The molecule has 0 unspecified atom stereocenters. The van der Waals surface area contributed by atoms with E-state index in [1.807, 2.05) is 4.90 Å². The van der Waals surface area contributed by atoms with Crippen molar-refractivity contribution in [3.8, 4) is 0 Å². The zero-order valence-electron chi connectivity index (χ0n) is 13.4. The molecule has 0 radical (unpaired) electrons. The van der Waals surface area contributed by atoms with Crippen LogP contribution in [0.4, 0.5) is 5.82 Å². The summed E-state index contributed by atoms with van der Waals surface area (Å²) < 4.78 is 3.12. The minimum atomic E-state index is -0.107. The van der Waals surface area contributed by atoms with E-state index in [0.29, 0.717) is 24.6 Å². The molecule has 0 bridgehead atoms. The highest BCUT2D eigenvalue weighted by Gasteiger charge is 2.35. The van der Waals surface area contributed by atoms with Gasteiger partial charge in [0.2, 0.25) is 5.91 Å². The van der Waals surface area contributed by atoms with E-state index >= 15 is 0 Å². The summed E-state index contributed by atoms with van der Waals surface area (Å²) in [6, 6.07) is 0. The monoisotopic (exact) mass is 316 g/mol. The quantitative estimate of drug-likeness (QED) is 0.762. The summed E-state index contributed by atoms with van der Waals surface area (Å²) in [6.07, 6.45) is 3.58. The zero-order chi connectivity index (χ0) is 16.1. The van der Waals surface area contributed by atoms with E-state index in [4.69, 9.17) is 0 Å². The molecule has 0 spiro atoms. The molecule has 122 valence electrons. The topological polar surface area (TPSA) is 76.3 Å². The van der Waals surface area contributed by atoms with Crippen molar-refractivity contribution in [3.63, 3.8) is 0 Å². The molecule has 1 aliphatic heterocycles. The largest absolute Gasteiger partial charge is 0.351 e. The molecule has 23 heavy (non-hydrogen) atoms. The van der Waals surface area contributed by atoms with Crippen molar-refractivity contribution in [1.29, 1.82) is 0 Å². The van der Waals surface area contributed by atoms with Crippen molar-refractivity contribution in [2.75, 3.05) is 31.1 Å². The molecule has 2 aromatic heterocycles. The summed E-state index contributed by atoms with van der Waals surface area (Å²) in [5.41, 5.74) is 1.28. The van der Waals surface area contributed by atoms with Gasteiger partial charge in [-0.25, -0.2) is 14.8 Å². The lowest BCUT2D eigenvalue weighted by molar-refractivity contribution is -0.132. The standard InChI is InChI=1S/C15H20N6O2/c1-18-11-12(19(2)15(18)23)16-9-17-13(11)20-5-7-21(8-6-20)14(22)10-3-4-10/h9-10H,3-8H2,1-2H3. The average Bonchev–Trinajstić information content (AvgIpc) is 3.40. The molecule has 1 saturated carbocycles. The van der Waals surface area contributed by atoms with Gasteiger partial charge in [-0.15, -0.1) is 0 Å². The Morgan fingerprint density at radius 2 is 1.78 bits per heavy atom. The van der Waals surface area contributed by atoms with Gasteiger partial charge in [0.05, 0.1) is 0 Å². The lowest BCUT2D eigenvalue weighted by Gasteiger charge is -2.35. The molecule has 8 nitrogen and oxygen atoms in total. The number of carbonyl (C=O) groups is 1. The molecule has 3 heterocycles. The second-order valence-corrected chi connectivity index (χ2v) is 6.36. The number of rotatable bonds is 2. The van der Waals surface area contributed by atoms with Gasteiger partial charge in [0, 0.05) is 46.2 Å². The van der Waals surface area contributed by atoms with Gasteiger partial charge in [-0.3, -0.25) is 13.9 Å². The third-order valence-electron chi connectivity index (χ3n) is 4.83. The van der Waals surface area contributed by atoms with Gasteiger partial charge in [-0.1, -0.05) is 0 Å². The molecule has 1 aliphatic carbocycles. The van der Waals surface area contributed by atoms with Crippen LogP contribution in [0, 0.1) is 5.92 Å². The molecule has 1 amide bonds. The van der Waals surface area contributed by atoms with Crippen molar-refractivity contribution >= 4 is 22.9 Å². The lowest BCUT2D eigenvalue weighted by atomic mass is 10.2. The van der Waals surface area contributed by atoms with Crippen molar-refractivity contribution in [2.24, 2.45) is 20.0 Å². The molecule has 2 aliphatic rings. The maximum absolute atomic E-state index is 12.2. The number of piperazine rings is 1. The van der Waals surface area contributed by atoms with Gasteiger partial charge in [0.15, 0.2) is 11.5 Å². The predicted molar refractivity (Wildman–Crippen MR) is 85.3 cm³/mol. The van der Waals surface area contributed by atoms with E-state index in [-0.39, 0.29) is 11.6 Å². The third kappa shape index (κ3) is 2.20. The number of hydrogen-bond acceptors (Lipinski definition) is 5. The van der Waals surface area contributed by atoms with Crippen molar-refractivity contribution in [1.82, 2.24) is 24.0 Å². The van der Waals surface area contributed by atoms with E-state index in [1.165, 1.54) is 10.9 Å². The summed E-state index contributed by atoms with van der Waals surface area (Å²) in [4.78, 5) is 37.0. The normalized spacial score (nSPS) is 18.7. The van der Waals surface area contributed by atoms with Gasteiger partial charge < -0.3 is 9.80 Å². The highest BCUT2D eigenvalue weighted by Crippen LogP contribution is 2.31. The second kappa shape index (κ2) is 5.07. The number of carbonyl (C=O) groups excluding carboxylic acids is 1. The van der Waals surface area contributed by atoms with E-state index in [0.717, 1.165) is 37.3 Å². The van der Waals surface area contributed by atoms with Crippen molar-refractivity contribution < 1.29 is 4.79 Å². The summed E-state index contributed by atoms with van der Waals surface area (Å²) >= 11 is 0. The van der Waals surface area contributed by atoms with Crippen LogP contribution in [0.2, 0.25) is 0 Å². The Hall–Kier alpha value is -2.38. The van der Waals surface area contributed by atoms with Gasteiger partial charge in [-0.2, -0.15) is 0 Å². The SMILES string of the molecule is Cn1c(=O)n(C)c2c(N3CCN(C(=O)C4CC4)CC3)ncnc21. The number of aryl methyl sites for hydroxylation is 2.